The van der Waals surface area contributed by atoms with Gasteiger partial charge in [-0.05, 0) is 42.5 Å². The minimum Gasteiger partial charge on any atom is -0.478 e. The molecule has 0 aliphatic rings. The maximum absolute atomic E-state index is 12.0. The molecule has 0 aliphatic heterocycles. The Morgan fingerprint density at radius 3 is 2.20 bits per heavy atom. The van der Waals surface area contributed by atoms with Crippen molar-refractivity contribution in [2.24, 2.45) is 0 Å². The summed E-state index contributed by atoms with van der Waals surface area (Å²) in [6.07, 6.45) is 0. The van der Waals surface area contributed by atoms with E-state index in [1.165, 1.54) is 30.3 Å². The van der Waals surface area contributed by atoms with Gasteiger partial charge < -0.3 is 16.2 Å². The third-order valence-electron chi connectivity index (χ3n) is 2.65. The van der Waals surface area contributed by atoms with Crippen LogP contribution in [0, 0.1) is 0 Å². The molecule has 6 heteroatoms. The first kappa shape index (κ1) is 13.9. The SMILES string of the molecule is Nc1ccc(C(=O)Nc2ccc(C(=O)O)cc2)cc1Cl. The predicted molar refractivity (Wildman–Crippen MR) is 77.2 cm³/mol. The van der Waals surface area contributed by atoms with E-state index in [1.54, 1.807) is 12.1 Å². The molecule has 5 nitrogen and oxygen atoms in total. The average Bonchev–Trinajstić information content (AvgIpc) is 2.42. The first-order valence-electron chi connectivity index (χ1n) is 5.67. The zero-order valence-corrected chi connectivity index (χ0v) is 11.0. The van der Waals surface area contributed by atoms with E-state index in [2.05, 4.69) is 5.32 Å². The molecule has 0 unspecified atom stereocenters. The largest absolute Gasteiger partial charge is 0.478 e. The van der Waals surface area contributed by atoms with Gasteiger partial charge in [-0.2, -0.15) is 0 Å². The number of nitrogens with two attached hydrogens (primary N) is 1. The van der Waals surface area contributed by atoms with Gasteiger partial charge in [-0.25, -0.2) is 4.79 Å². The van der Waals surface area contributed by atoms with Gasteiger partial charge in [0.05, 0.1) is 16.3 Å². The molecule has 0 atom stereocenters. The summed E-state index contributed by atoms with van der Waals surface area (Å²) in [4.78, 5) is 22.7. The fraction of sp³-hybridized carbons (Fsp3) is 0. The number of carbonyl (C=O) groups is 2. The molecular weight excluding hydrogens is 280 g/mol. The molecule has 102 valence electrons. The van der Waals surface area contributed by atoms with Crippen LogP contribution in [0.25, 0.3) is 0 Å². The third kappa shape index (κ3) is 3.07. The molecule has 0 spiro atoms. The monoisotopic (exact) mass is 290 g/mol. The van der Waals surface area contributed by atoms with Crippen molar-refractivity contribution < 1.29 is 14.7 Å². The number of aromatic carboxylic acids is 1. The lowest BCUT2D eigenvalue weighted by Crippen LogP contribution is -2.12. The van der Waals surface area contributed by atoms with Crippen LogP contribution in [-0.2, 0) is 0 Å². The van der Waals surface area contributed by atoms with Crippen molar-refractivity contribution in [3.05, 3.63) is 58.6 Å². The lowest BCUT2D eigenvalue weighted by atomic mass is 10.1. The Morgan fingerprint density at radius 1 is 1.05 bits per heavy atom. The number of nitrogens with one attached hydrogen (secondary N) is 1. The highest BCUT2D eigenvalue weighted by Gasteiger charge is 2.09. The van der Waals surface area contributed by atoms with Crippen LogP contribution in [-0.4, -0.2) is 17.0 Å². The second-order valence-corrected chi connectivity index (χ2v) is 4.48. The van der Waals surface area contributed by atoms with E-state index >= 15 is 0 Å². The number of carboxylic acid groups (broad SMARTS) is 1. The molecule has 0 aromatic heterocycles. The number of anilines is 2. The van der Waals surface area contributed by atoms with Crippen molar-refractivity contribution in [1.82, 2.24) is 0 Å². The zero-order chi connectivity index (χ0) is 14.7. The number of carbonyl (C=O) groups excluding carboxylic acids is 1. The lowest BCUT2D eigenvalue weighted by Gasteiger charge is -2.06. The van der Waals surface area contributed by atoms with Gasteiger partial charge in [-0.3, -0.25) is 4.79 Å². The second kappa shape index (κ2) is 5.63. The summed E-state index contributed by atoms with van der Waals surface area (Å²) in [6.45, 7) is 0. The van der Waals surface area contributed by atoms with E-state index in [9.17, 15) is 9.59 Å². The molecule has 0 radical (unpaired) electrons. The number of rotatable bonds is 3. The first-order valence-corrected chi connectivity index (χ1v) is 6.05. The maximum Gasteiger partial charge on any atom is 0.335 e. The number of hydrogen-bond acceptors (Lipinski definition) is 3. The molecule has 0 aliphatic carbocycles. The third-order valence-corrected chi connectivity index (χ3v) is 2.98. The molecule has 0 fully saturated rings. The van der Waals surface area contributed by atoms with E-state index in [0.29, 0.717) is 22.0 Å². The first-order chi connectivity index (χ1) is 9.47. The molecule has 4 N–H and O–H groups in total. The van der Waals surface area contributed by atoms with Crippen LogP contribution in [0.15, 0.2) is 42.5 Å². The van der Waals surface area contributed by atoms with E-state index < -0.39 is 5.97 Å². The highest BCUT2D eigenvalue weighted by molar-refractivity contribution is 6.33. The van der Waals surface area contributed by atoms with Gasteiger partial charge in [-0.1, -0.05) is 11.6 Å². The summed E-state index contributed by atoms with van der Waals surface area (Å²) < 4.78 is 0. The number of hydrogen-bond donors (Lipinski definition) is 3. The molecule has 0 saturated heterocycles. The fourth-order valence-electron chi connectivity index (χ4n) is 1.57. The smallest absolute Gasteiger partial charge is 0.335 e. The van der Waals surface area contributed by atoms with Crippen LogP contribution < -0.4 is 11.1 Å². The standard InChI is InChI=1S/C14H11ClN2O3/c15-11-7-9(3-6-12(11)16)13(18)17-10-4-1-8(2-5-10)14(19)20/h1-7H,16H2,(H,17,18)(H,19,20). The van der Waals surface area contributed by atoms with E-state index in [1.807, 2.05) is 0 Å². The molecular formula is C14H11ClN2O3. The van der Waals surface area contributed by atoms with Crippen molar-refractivity contribution in [2.45, 2.75) is 0 Å². The van der Waals surface area contributed by atoms with Crippen LogP contribution in [0.5, 0.6) is 0 Å². The van der Waals surface area contributed by atoms with E-state index in [0.717, 1.165) is 0 Å². The minimum absolute atomic E-state index is 0.151. The number of benzene rings is 2. The van der Waals surface area contributed by atoms with Gasteiger partial charge in [0, 0.05) is 11.3 Å². The van der Waals surface area contributed by atoms with Crippen LogP contribution in [0.4, 0.5) is 11.4 Å². The van der Waals surface area contributed by atoms with Crippen molar-refractivity contribution >= 4 is 34.9 Å². The number of nitrogen functional groups attached to an aromatic ring is 1. The summed E-state index contributed by atoms with van der Waals surface area (Å²) in [5.41, 5.74) is 6.98. The Kier molecular flexibility index (Phi) is 3.91. The Hall–Kier alpha value is -2.53. The summed E-state index contributed by atoms with van der Waals surface area (Å²) in [6, 6.07) is 10.4. The lowest BCUT2D eigenvalue weighted by molar-refractivity contribution is 0.0696. The van der Waals surface area contributed by atoms with Crippen molar-refractivity contribution in [1.29, 1.82) is 0 Å². The molecule has 0 heterocycles. The molecule has 2 aromatic carbocycles. The van der Waals surface area contributed by atoms with Crippen LogP contribution >= 0.6 is 11.6 Å². The minimum atomic E-state index is -1.02. The summed E-state index contributed by atoms with van der Waals surface area (Å²) in [7, 11) is 0. The summed E-state index contributed by atoms with van der Waals surface area (Å²) in [5, 5.41) is 11.7. The predicted octanol–water partition coefficient (Wildman–Crippen LogP) is 2.87. The molecule has 0 bridgehead atoms. The van der Waals surface area contributed by atoms with Gasteiger partial charge in [-0.15, -0.1) is 0 Å². The fourth-order valence-corrected chi connectivity index (χ4v) is 1.75. The van der Waals surface area contributed by atoms with Gasteiger partial charge in [0.2, 0.25) is 0 Å². The van der Waals surface area contributed by atoms with Gasteiger partial charge in [0.1, 0.15) is 0 Å². The average molecular weight is 291 g/mol. The highest BCUT2D eigenvalue weighted by atomic mass is 35.5. The topological polar surface area (TPSA) is 92.4 Å². The Bertz CT molecular complexity index is 669. The molecule has 2 rings (SSSR count). The Morgan fingerprint density at radius 2 is 1.65 bits per heavy atom. The Balaban J connectivity index is 2.14. The maximum atomic E-state index is 12.0. The highest BCUT2D eigenvalue weighted by Crippen LogP contribution is 2.20. The van der Waals surface area contributed by atoms with Gasteiger partial charge in [0.25, 0.3) is 5.91 Å². The zero-order valence-electron chi connectivity index (χ0n) is 10.3. The number of carboxylic acids is 1. The van der Waals surface area contributed by atoms with Crippen molar-refractivity contribution in [2.75, 3.05) is 11.1 Å². The van der Waals surface area contributed by atoms with Crippen molar-refractivity contribution in [3.63, 3.8) is 0 Å². The van der Waals surface area contributed by atoms with E-state index in [-0.39, 0.29) is 11.5 Å². The molecule has 2 aromatic rings. The Labute approximate surface area is 120 Å². The molecule has 20 heavy (non-hydrogen) atoms. The quantitative estimate of drug-likeness (QED) is 0.758. The molecule has 0 saturated carbocycles. The summed E-state index contributed by atoms with van der Waals surface area (Å²) >= 11 is 5.85. The van der Waals surface area contributed by atoms with Crippen molar-refractivity contribution in [3.8, 4) is 0 Å². The van der Waals surface area contributed by atoms with E-state index in [4.69, 9.17) is 22.4 Å². The molecule has 1 amide bonds. The second-order valence-electron chi connectivity index (χ2n) is 4.07. The number of amides is 1. The van der Waals surface area contributed by atoms with Gasteiger partial charge in [0.15, 0.2) is 0 Å². The van der Waals surface area contributed by atoms with Crippen LogP contribution in [0.3, 0.4) is 0 Å². The van der Waals surface area contributed by atoms with Crippen LogP contribution in [0.1, 0.15) is 20.7 Å². The van der Waals surface area contributed by atoms with Crippen LogP contribution in [0.2, 0.25) is 5.02 Å². The van der Waals surface area contributed by atoms with Gasteiger partial charge >= 0.3 is 5.97 Å². The number of halogens is 1. The summed E-state index contributed by atoms with van der Waals surface area (Å²) in [5.74, 6) is -1.37. The normalized spacial score (nSPS) is 10.1.